The third kappa shape index (κ3) is 5.39. The zero-order valence-electron chi connectivity index (χ0n) is 18.0. The number of nitrogens with zero attached hydrogens (tertiary/aromatic N) is 4. The van der Waals surface area contributed by atoms with Gasteiger partial charge in [0.15, 0.2) is 0 Å². The number of hydrogen-bond donors (Lipinski definition) is 4. The van der Waals surface area contributed by atoms with Crippen LogP contribution in [0.15, 0.2) is 33.9 Å². The van der Waals surface area contributed by atoms with Crippen LogP contribution < -0.4 is 16.7 Å². The lowest BCUT2D eigenvalue weighted by molar-refractivity contribution is 0.0682. The molecule has 1 aromatic carbocycles. The zero-order valence-corrected chi connectivity index (χ0v) is 18.0. The number of aromatic carboxylic acids is 1. The summed E-state index contributed by atoms with van der Waals surface area (Å²) in [5.41, 5.74) is 1.06. The van der Waals surface area contributed by atoms with E-state index in [-0.39, 0.29) is 23.6 Å². The highest BCUT2D eigenvalue weighted by molar-refractivity contribution is 5.90. The number of carbonyl (C=O) groups is 2. The number of amides is 1. The van der Waals surface area contributed by atoms with Crippen molar-refractivity contribution in [3.63, 3.8) is 0 Å². The maximum absolute atomic E-state index is 12.1. The predicted molar refractivity (Wildman–Crippen MR) is 114 cm³/mol. The minimum Gasteiger partial charge on any atom is -0.475 e. The van der Waals surface area contributed by atoms with Crippen molar-refractivity contribution < 1.29 is 14.7 Å². The van der Waals surface area contributed by atoms with Crippen molar-refractivity contribution in [2.45, 2.75) is 32.7 Å². The zero-order chi connectivity index (χ0) is 23.4. The van der Waals surface area contributed by atoms with Gasteiger partial charge in [0.1, 0.15) is 0 Å². The Morgan fingerprint density at radius 1 is 1.00 bits per heavy atom. The third-order valence-corrected chi connectivity index (χ3v) is 4.99. The van der Waals surface area contributed by atoms with E-state index in [9.17, 15) is 19.2 Å². The van der Waals surface area contributed by atoms with E-state index in [2.05, 4.69) is 25.5 Å². The van der Waals surface area contributed by atoms with Crippen LogP contribution in [0.5, 0.6) is 0 Å². The molecule has 12 nitrogen and oxygen atoms in total. The van der Waals surface area contributed by atoms with E-state index in [1.165, 1.54) is 7.05 Å². The van der Waals surface area contributed by atoms with Crippen LogP contribution in [0.25, 0.3) is 0 Å². The molecule has 3 rings (SSSR count). The number of hydrogen-bond acceptors (Lipinski definition) is 6. The van der Waals surface area contributed by atoms with Gasteiger partial charge in [-0.15, -0.1) is 10.2 Å². The summed E-state index contributed by atoms with van der Waals surface area (Å²) in [7, 11) is 1.46. The van der Waals surface area contributed by atoms with Gasteiger partial charge in [0.25, 0.3) is 5.91 Å². The molecule has 32 heavy (non-hydrogen) atoms. The monoisotopic (exact) mass is 443 g/mol. The molecule has 0 radical (unpaired) electrons. The molecule has 170 valence electrons. The molecule has 0 bridgehead atoms. The van der Waals surface area contributed by atoms with Crippen LogP contribution >= 0.6 is 0 Å². The number of aromatic nitrogens is 6. The lowest BCUT2D eigenvalue weighted by Crippen LogP contribution is -2.30. The summed E-state index contributed by atoms with van der Waals surface area (Å²) >= 11 is 0. The highest BCUT2D eigenvalue weighted by Gasteiger charge is 2.17. The first-order valence-corrected chi connectivity index (χ1v) is 10.1. The van der Waals surface area contributed by atoms with Crippen LogP contribution in [0.4, 0.5) is 0 Å². The number of H-pyrrole nitrogens is 2. The van der Waals surface area contributed by atoms with Gasteiger partial charge in [-0.3, -0.25) is 14.8 Å². The number of carboxylic acids is 1. The Morgan fingerprint density at radius 2 is 1.59 bits per heavy atom. The summed E-state index contributed by atoms with van der Waals surface area (Å²) in [5.74, 6) is -1.96. The number of carboxylic acid groups (broad SMARTS) is 1. The molecule has 0 fully saturated rings. The van der Waals surface area contributed by atoms with Crippen molar-refractivity contribution in [2.75, 3.05) is 6.54 Å². The maximum Gasteiger partial charge on any atom is 0.373 e. The SMILES string of the molecule is CC(CNC(=O)c1nn(C)c(=O)[nH]1)Cc1ccc(CC(C)n2nc(C(=O)O)[nH]c2=O)cc1. The fourth-order valence-corrected chi connectivity index (χ4v) is 3.30. The van der Waals surface area contributed by atoms with Crippen LogP contribution in [0.2, 0.25) is 0 Å². The molecule has 2 heterocycles. The van der Waals surface area contributed by atoms with Gasteiger partial charge in [-0.25, -0.2) is 23.7 Å². The van der Waals surface area contributed by atoms with E-state index in [4.69, 9.17) is 5.11 Å². The van der Waals surface area contributed by atoms with E-state index < -0.39 is 23.3 Å². The van der Waals surface area contributed by atoms with E-state index in [0.29, 0.717) is 13.0 Å². The predicted octanol–water partition coefficient (Wildman–Crippen LogP) is 0.104. The van der Waals surface area contributed by atoms with Gasteiger partial charge >= 0.3 is 17.3 Å². The first kappa shape index (κ1) is 22.7. The molecule has 2 atom stereocenters. The fraction of sp³-hybridized carbons (Fsp3) is 0.400. The van der Waals surface area contributed by atoms with Crippen LogP contribution in [0.1, 0.15) is 52.3 Å². The fourth-order valence-electron chi connectivity index (χ4n) is 3.30. The molecule has 0 spiro atoms. The molecule has 2 aromatic heterocycles. The van der Waals surface area contributed by atoms with E-state index >= 15 is 0 Å². The molecule has 0 aliphatic heterocycles. The number of benzene rings is 1. The smallest absolute Gasteiger partial charge is 0.373 e. The molecule has 12 heteroatoms. The molecule has 4 N–H and O–H groups in total. The summed E-state index contributed by atoms with van der Waals surface area (Å²) in [6, 6.07) is 7.54. The minimum atomic E-state index is -1.28. The number of aryl methyl sites for hydroxylation is 1. The molecular weight excluding hydrogens is 418 g/mol. The Bertz CT molecular complexity index is 1220. The van der Waals surface area contributed by atoms with Gasteiger partial charge in [-0.2, -0.15) is 0 Å². The normalized spacial score (nSPS) is 13.0. The molecule has 0 aliphatic carbocycles. The topological polar surface area (TPSA) is 168 Å². The molecular formula is C20H25N7O5. The standard InChI is InChI=1S/C20H25N7O5/c1-11(10-21-17(28)15-22-19(31)26(3)24-15)8-13-4-6-14(7-5-13)9-12(2)27-20(32)23-16(25-27)18(29)30/h4-7,11-12H,8-10H2,1-3H3,(H,21,28)(H,29,30)(H,22,24,31)(H,23,25,32). The summed E-state index contributed by atoms with van der Waals surface area (Å²) in [5, 5.41) is 19.3. The molecule has 0 saturated heterocycles. The Kier molecular flexibility index (Phi) is 6.71. The minimum absolute atomic E-state index is 0.0188. The van der Waals surface area contributed by atoms with Crippen molar-refractivity contribution in [2.24, 2.45) is 13.0 Å². The van der Waals surface area contributed by atoms with Gasteiger partial charge in [0.2, 0.25) is 11.6 Å². The second-order valence-electron chi connectivity index (χ2n) is 7.82. The second-order valence-corrected chi connectivity index (χ2v) is 7.82. The van der Waals surface area contributed by atoms with Crippen LogP contribution in [-0.4, -0.2) is 53.1 Å². The summed E-state index contributed by atoms with van der Waals surface area (Å²) in [4.78, 5) is 50.9. The average molecular weight is 443 g/mol. The lowest BCUT2D eigenvalue weighted by Gasteiger charge is -2.14. The summed E-state index contributed by atoms with van der Waals surface area (Å²) in [6.45, 7) is 4.22. The number of rotatable bonds is 9. The van der Waals surface area contributed by atoms with Gasteiger partial charge in [-0.05, 0) is 36.8 Å². The van der Waals surface area contributed by atoms with Crippen molar-refractivity contribution in [3.8, 4) is 0 Å². The summed E-state index contributed by atoms with van der Waals surface area (Å²) in [6.07, 6.45) is 1.24. The van der Waals surface area contributed by atoms with Crippen molar-refractivity contribution >= 4 is 11.9 Å². The van der Waals surface area contributed by atoms with Crippen LogP contribution in [-0.2, 0) is 19.9 Å². The second kappa shape index (κ2) is 9.45. The lowest BCUT2D eigenvalue weighted by atomic mass is 9.98. The van der Waals surface area contributed by atoms with E-state index in [0.717, 1.165) is 26.9 Å². The van der Waals surface area contributed by atoms with Gasteiger partial charge in [0.05, 0.1) is 6.04 Å². The maximum atomic E-state index is 12.1. The van der Waals surface area contributed by atoms with Crippen molar-refractivity contribution in [1.29, 1.82) is 0 Å². The first-order chi connectivity index (χ1) is 15.1. The number of carbonyl (C=O) groups excluding carboxylic acids is 1. The highest BCUT2D eigenvalue weighted by atomic mass is 16.4. The largest absolute Gasteiger partial charge is 0.475 e. The number of nitrogens with one attached hydrogen (secondary N) is 3. The van der Waals surface area contributed by atoms with E-state index in [1.54, 1.807) is 6.92 Å². The quantitative estimate of drug-likeness (QED) is 0.364. The van der Waals surface area contributed by atoms with Crippen molar-refractivity contribution in [3.05, 3.63) is 68.0 Å². The van der Waals surface area contributed by atoms with Crippen LogP contribution in [0, 0.1) is 5.92 Å². The van der Waals surface area contributed by atoms with Gasteiger partial charge in [0, 0.05) is 13.6 Å². The highest BCUT2D eigenvalue weighted by Crippen LogP contribution is 2.15. The molecule has 3 aromatic rings. The van der Waals surface area contributed by atoms with Gasteiger partial charge < -0.3 is 10.4 Å². The molecule has 0 saturated carbocycles. The molecule has 1 amide bonds. The first-order valence-electron chi connectivity index (χ1n) is 10.1. The Morgan fingerprint density at radius 3 is 2.12 bits per heavy atom. The Balaban J connectivity index is 1.52. The van der Waals surface area contributed by atoms with Crippen molar-refractivity contribution in [1.82, 2.24) is 34.8 Å². The van der Waals surface area contributed by atoms with Crippen LogP contribution in [0.3, 0.4) is 0 Å². The Hall–Kier alpha value is -3.96. The van der Waals surface area contributed by atoms with E-state index in [1.807, 2.05) is 31.2 Å². The Labute approximate surface area is 182 Å². The molecule has 0 aliphatic rings. The summed E-state index contributed by atoms with van der Waals surface area (Å²) < 4.78 is 2.20. The average Bonchev–Trinajstić information content (AvgIpc) is 3.30. The third-order valence-electron chi connectivity index (χ3n) is 4.99. The molecule has 2 unspecified atom stereocenters. The van der Waals surface area contributed by atoms with Gasteiger partial charge in [-0.1, -0.05) is 31.2 Å². The number of aromatic amines is 2.